The molecule has 0 aliphatic carbocycles. The van der Waals surface area contributed by atoms with E-state index in [0.29, 0.717) is 18.8 Å². The largest absolute Gasteiger partial charge is 0.205 e. The summed E-state index contributed by atoms with van der Waals surface area (Å²) in [6.07, 6.45) is 0.712. The van der Waals surface area contributed by atoms with E-state index in [-0.39, 0.29) is 0 Å². The number of benzene rings is 2. The highest BCUT2D eigenvalue weighted by molar-refractivity contribution is 5.54. The first-order chi connectivity index (χ1) is 11.3. The Bertz CT molecular complexity index is 828. The fourth-order valence-electron chi connectivity index (χ4n) is 2.16. The first kappa shape index (κ1) is 14.7. The van der Waals surface area contributed by atoms with E-state index in [1.165, 1.54) is 10.4 Å². The van der Waals surface area contributed by atoms with Crippen molar-refractivity contribution in [1.29, 1.82) is 0 Å². The van der Waals surface area contributed by atoms with Gasteiger partial charge in [0.05, 0.1) is 5.69 Å². The van der Waals surface area contributed by atoms with Gasteiger partial charge in [-0.3, -0.25) is 0 Å². The Hall–Kier alpha value is -3.18. The Balaban J connectivity index is 1.77. The first-order valence-corrected chi connectivity index (χ1v) is 7.23. The number of aromatic nitrogens is 4. The van der Waals surface area contributed by atoms with Crippen LogP contribution in [0.25, 0.3) is 27.5 Å². The molecule has 2 aromatic carbocycles. The van der Waals surface area contributed by atoms with Gasteiger partial charge in [0.15, 0.2) is 0 Å². The van der Waals surface area contributed by atoms with Gasteiger partial charge in [0.2, 0.25) is 5.82 Å². The molecule has 23 heavy (non-hydrogen) atoms. The Kier molecular flexibility index (Phi) is 4.31. The lowest BCUT2D eigenvalue weighted by Crippen LogP contribution is -1.99. The van der Waals surface area contributed by atoms with Gasteiger partial charge >= 0.3 is 0 Å². The maximum atomic E-state index is 8.28. The van der Waals surface area contributed by atoms with Gasteiger partial charge in [-0.1, -0.05) is 47.1 Å². The standard InChI is InChI=1S/C16H15N7/c1-12-2-6-14(7-3-12)16-19-22-23(20-16)15-8-4-13(5-9-15)10-11-18-21-17/h2-9H,10-11H2,1H3. The Morgan fingerprint density at radius 2 is 1.83 bits per heavy atom. The van der Waals surface area contributed by atoms with Crippen LogP contribution in [0.3, 0.4) is 0 Å². The van der Waals surface area contributed by atoms with Gasteiger partial charge in [0.25, 0.3) is 0 Å². The topological polar surface area (TPSA) is 92.4 Å². The fraction of sp³-hybridized carbons (Fsp3) is 0.188. The van der Waals surface area contributed by atoms with Crippen LogP contribution < -0.4 is 0 Å². The van der Waals surface area contributed by atoms with Gasteiger partial charge in [0.1, 0.15) is 0 Å². The van der Waals surface area contributed by atoms with E-state index in [9.17, 15) is 0 Å². The molecule has 3 rings (SSSR count). The normalized spacial score (nSPS) is 10.3. The third-order valence-electron chi connectivity index (χ3n) is 3.45. The molecule has 114 valence electrons. The minimum atomic E-state index is 0.453. The number of hydrogen-bond donors (Lipinski definition) is 0. The Morgan fingerprint density at radius 3 is 2.52 bits per heavy atom. The number of tetrazole rings is 1. The van der Waals surface area contributed by atoms with E-state index >= 15 is 0 Å². The van der Waals surface area contributed by atoms with Crippen molar-refractivity contribution in [3.63, 3.8) is 0 Å². The lowest BCUT2D eigenvalue weighted by molar-refractivity contribution is 0.719. The number of aryl methyl sites for hydroxylation is 1. The molecule has 0 aliphatic heterocycles. The molecule has 1 aromatic heterocycles. The van der Waals surface area contributed by atoms with Crippen LogP contribution in [0.5, 0.6) is 0 Å². The average Bonchev–Trinajstić information content (AvgIpc) is 3.06. The summed E-state index contributed by atoms with van der Waals surface area (Å²) in [5.41, 5.74) is 12.3. The van der Waals surface area contributed by atoms with E-state index in [2.05, 4.69) is 25.4 Å². The van der Waals surface area contributed by atoms with Gasteiger partial charge in [-0.05, 0) is 41.8 Å². The minimum Gasteiger partial charge on any atom is -0.130 e. The summed E-state index contributed by atoms with van der Waals surface area (Å²) >= 11 is 0. The zero-order chi connectivity index (χ0) is 16.1. The smallest absolute Gasteiger partial charge is 0.130 e. The molecule has 0 bridgehead atoms. The Morgan fingerprint density at radius 1 is 1.09 bits per heavy atom. The lowest BCUT2D eigenvalue weighted by atomic mass is 10.1. The highest BCUT2D eigenvalue weighted by Gasteiger charge is 2.07. The molecule has 0 unspecified atom stereocenters. The second kappa shape index (κ2) is 6.72. The summed E-state index contributed by atoms with van der Waals surface area (Å²) < 4.78 is 0. The van der Waals surface area contributed by atoms with Crippen LogP contribution in [-0.4, -0.2) is 26.8 Å². The van der Waals surface area contributed by atoms with Gasteiger partial charge in [0, 0.05) is 17.0 Å². The van der Waals surface area contributed by atoms with Crippen molar-refractivity contribution >= 4 is 0 Å². The predicted molar refractivity (Wildman–Crippen MR) is 87.0 cm³/mol. The van der Waals surface area contributed by atoms with Crippen LogP contribution in [0.2, 0.25) is 0 Å². The molecule has 0 saturated carbocycles. The minimum absolute atomic E-state index is 0.453. The molecule has 0 spiro atoms. The van der Waals surface area contributed by atoms with Gasteiger partial charge in [-0.2, -0.15) is 0 Å². The SMILES string of the molecule is Cc1ccc(-c2nnn(-c3ccc(CCN=[N+]=[N-])cc3)n2)cc1. The van der Waals surface area contributed by atoms with Crippen LogP contribution in [0.15, 0.2) is 53.6 Å². The molecule has 3 aromatic rings. The molecule has 0 aliphatic rings. The predicted octanol–water partition coefficient (Wildman–Crippen LogP) is 3.49. The fourth-order valence-corrected chi connectivity index (χ4v) is 2.16. The van der Waals surface area contributed by atoms with Crippen LogP contribution in [0.4, 0.5) is 0 Å². The Labute approximate surface area is 133 Å². The van der Waals surface area contributed by atoms with Crippen molar-refractivity contribution in [3.05, 3.63) is 70.1 Å². The molecule has 1 heterocycles. The number of nitrogens with zero attached hydrogens (tertiary/aromatic N) is 7. The first-order valence-electron chi connectivity index (χ1n) is 7.23. The molecule has 0 N–H and O–H groups in total. The van der Waals surface area contributed by atoms with E-state index < -0.39 is 0 Å². The molecule has 0 amide bonds. The molecular formula is C16H15N7. The molecule has 7 nitrogen and oxygen atoms in total. The third-order valence-corrected chi connectivity index (χ3v) is 3.45. The summed E-state index contributed by atoms with van der Waals surface area (Å²) in [7, 11) is 0. The lowest BCUT2D eigenvalue weighted by Gasteiger charge is -2.01. The van der Waals surface area contributed by atoms with E-state index in [0.717, 1.165) is 16.8 Å². The second-order valence-electron chi connectivity index (χ2n) is 5.14. The van der Waals surface area contributed by atoms with Crippen molar-refractivity contribution < 1.29 is 0 Å². The second-order valence-corrected chi connectivity index (χ2v) is 5.14. The van der Waals surface area contributed by atoms with Crippen LogP contribution in [0, 0.1) is 6.92 Å². The quantitative estimate of drug-likeness (QED) is 0.410. The van der Waals surface area contributed by atoms with Crippen LogP contribution in [-0.2, 0) is 6.42 Å². The molecule has 0 saturated heterocycles. The summed E-state index contributed by atoms with van der Waals surface area (Å²) in [6.45, 7) is 2.49. The molecule has 7 heteroatoms. The summed E-state index contributed by atoms with van der Waals surface area (Å²) in [6, 6.07) is 15.8. The highest BCUT2D eigenvalue weighted by atomic mass is 15.6. The maximum absolute atomic E-state index is 8.28. The monoisotopic (exact) mass is 305 g/mol. The number of azide groups is 1. The zero-order valence-corrected chi connectivity index (χ0v) is 12.7. The molecule has 0 fully saturated rings. The number of rotatable bonds is 5. The van der Waals surface area contributed by atoms with Crippen molar-refractivity contribution in [2.45, 2.75) is 13.3 Å². The zero-order valence-electron chi connectivity index (χ0n) is 12.7. The van der Waals surface area contributed by atoms with Crippen molar-refractivity contribution in [1.82, 2.24) is 20.2 Å². The molecule has 0 atom stereocenters. The van der Waals surface area contributed by atoms with E-state index in [1.54, 1.807) is 0 Å². The third kappa shape index (κ3) is 3.53. The van der Waals surface area contributed by atoms with Crippen LogP contribution >= 0.6 is 0 Å². The van der Waals surface area contributed by atoms with Gasteiger partial charge in [-0.25, -0.2) is 0 Å². The van der Waals surface area contributed by atoms with Gasteiger partial charge in [-0.15, -0.1) is 15.0 Å². The number of hydrogen-bond acceptors (Lipinski definition) is 4. The summed E-state index contributed by atoms with van der Waals surface area (Å²) in [5, 5.41) is 16.1. The molecular weight excluding hydrogens is 290 g/mol. The summed E-state index contributed by atoms with van der Waals surface area (Å²) in [5.74, 6) is 0.595. The molecule has 0 radical (unpaired) electrons. The van der Waals surface area contributed by atoms with Crippen molar-refractivity contribution in [2.24, 2.45) is 5.11 Å². The van der Waals surface area contributed by atoms with Crippen molar-refractivity contribution in [2.75, 3.05) is 6.54 Å². The summed E-state index contributed by atoms with van der Waals surface area (Å²) in [4.78, 5) is 4.25. The average molecular weight is 305 g/mol. The van der Waals surface area contributed by atoms with Gasteiger partial charge < -0.3 is 0 Å². The maximum Gasteiger partial charge on any atom is 0.205 e. The van der Waals surface area contributed by atoms with E-state index in [1.807, 2.05) is 55.5 Å². The van der Waals surface area contributed by atoms with Crippen molar-refractivity contribution in [3.8, 4) is 17.1 Å². The van der Waals surface area contributed by atoms with E-state index in [4.69, 9.17) is 5.53 Å². The highest BCUT2D eigenvalue weighted by Crippen LogP contribution is 2.15. The van der Waals surface area contributed by atoms with Crippen LogP contribution in [0.1, 0.15) is 11.1 Å².